The Morgan fingerprint density at radius 3 is 2.64 bits per heavy atom. The number of benzene rings is 1. The van der Waals surface area contributed by atoms with Gasteiger partial charge in [0.2, 0.25) is 5.89 Å². The summed E-state index contributed by atoms with van der Waals surface area (Å²) in [4.78, 5) is 28.0. The molecule has 0 N–H and O–H groups in total. The Hall–Kier alpha value is -2.70. The van der Waals surface area contributed by atoms with Gasteiger partial charge in [0.05, 0.1) is 17.0 Å². The molecule has 0 bridgehead atoms. The largest absolute Gasteiger partial charge is 0.337 e. The molecule has 112 valence electrons. The van der Waals surface area contributed by atoms with Gasteiger partial charge in [0.1, 0.15) is 5.78 Å². The molecule has 2 aromatic heterocycles. The third kappa shape index (κ3) is 1.75. The number of aryl methyl sites for hydroxylation is 1. The minimum Gasteiger partial charge on any atom is -0.337 e. The molecule has 1 saturated carbocycles. The van der Waals surface area contributed by atoms with E-state index in [0.29, 0.717) is 25.3 Å². The highest BCUT2D eigenvalue weighted by molar-refractivity contribution is 5.86. The van der Waals surface area contributed by atoms with E-state index >= 15 is 0 Å². The zero-order chi connectivity index (χ0) is 15.3. The van der Waals surface area contributed by atoms with Crippen LogP contribution in [0, 0.1) is 0 Å². The maximum atomic E-state index is 12.6. The van der Waals surface area contributed by atoms with E-state index in [2.05, 4.69) is 10.1 Å². The van der Waals surface area contributed by atoms with E-state index in [4.69, 9.17) is 4.52 Å². The standard InChI is InChI=1S/C15H14N4O3/c1-2-18-11-5-3-4-6-12(11)19(15(18)21)14-16-13(22-17-14)9-7-10(20)8-9/h3-6,9H,2,7-8H2,1H3. The topological polar surface area (TPSA) is 82.9 Å². The molecule has 4 rings (SSSR count). The predicted molar refractivity (Wildman–Crippen MR) is 78.0 cm³/mol. The molecular weight excluding hydrogens is 284 g/mol. The summed E-state index contributed by atoms with van der Waals surface area (Å²) < 4.78 is 8.35. The van der Waals surface area contributed by atoms with E-state index < -0.39 is 0 Å². The van der Waals surface area contributed by atoms with Crippen molar-refractivity contribution in [3.05, 3.63) is 40.6 Å². The Labute approximate surface area is 125 Å². The molecule has 0 saturated heterocycles. The van der Waals surface area contributed by atoms with Gasteiger partial charge >= 0.3 is 5.69 Å². The number of ketones is 1. The first kappa shape index (κ1) is 13.0. The summed E-state index contributed by atoms with van der Waals surface area (Å²) in [5, 5.41) is 3.93. The van der Waals surface area contributed by atoms with Crippen LogP contribution in [0.4, 0.5) is 0 Å². The maximum Gasteiger partial charge on any atom is 0.336 e. The van der Waals surface area contributed by atoms with Gasteiger partial charge in [-0.2, -0.15) is 4.98 Å². The Balaban J connectivity index is 1.86. The second-order valence-corrected chi connectivity index (χ2v) is 5.43. The summed E-state index contributed by atoms with van der Waals surface area (Å²) in [5.41, 5.74) is 1.38. The fourth-order valence-corrected chi connectivity index (χ4v) is 2.86. The Kier molecular flexibility index (Phi) is 2.75. The Morgan fingerprint density at radius 1 is 1.23 bits per heavy atom. The number of para-hydroxylation sites is 2. The van der Waals surface area contributed by atoms with E-state index in [1.807, 2.05) is 31.2 Å². The van der Waals surface area contributed by atoms with Crippen LogP contribution in [0.15, 0.2) is 33.6 Å². The normalized spacial score (nSPS) is 15.4. The number of carbonyl (C=O) groups is 1. The summed E-state index contributed by atoms with van der Waals surface area (Å²) in [6.45, 7) is 2.48. The van der Waals surface area contributed by atoms with Crippen LogP contribution < -0.4 is 5.69 Å². The molecule has 1 aliphatic rings. The van der Waals surface area contributed by atoms with Gasteiger partial charge in [-0.1, -0.05) is 12.1 Å². The molecule has 2 heterocycles. The van der Waals surface area contributed by atoms with Crippen LogP contribution in [0.5, 0.6) is 0 Å². The number of fused-ring (bicyclic) bond motifs is 1. The van der Waals surface area contributed by atoms with Crippen molar-refractivity contribution in [2.24, 2.45) is 0 Å². The van der Waals surface area contributed by atoms with Crippen molar-refractivity contribution in [3.8, 4) is 5.95 Å². The smallest absolute Gasteiger partial charge is 0.336 e. The zero-order valence-electron chi connectivity index (χ0n) is 12.0. The fraction of sp³-hybridized carbons (Fsp3) is 0.333. The highest BCUT2D eigenvalue weighted by atomic mass is 16.5. The minimum atomic E-state index is -0.194. The van der Waals surface area contributed by atoms with Gasteiger partial charge in [0.25, 0.3) is 5.95 Å². The van der Waals surface area contributed by atoms with Gasteiger partial charge in [-0.3, -0.25) is 9.36 Å². The first-order chi connectivity index (χ1) is 10.7. The van der Waals surface area contributed by atoms with Crippen LogP contribution in [0.3, 0.4) is 0 Å². The van der Waals surface area contributed by atoms with Gasteiger partial charge in [0, 0.05) is 19.4 Å². The molecule has 1 fully saturated rings. The number of hydrogen-bond acceptors (Lipinski definition) is 5. The number of carbonyl (C=O) groups excluding carboxylic acids is 1. The van der Waals surface area contributed by atoms with E-state index in [1.54, 1.807) is 4.57 Å². The van der Waals surface area contributed by atoms with Crippen molar-refractivity contribution in [2.45, 2.75) is 32.2 Å². The van der Waals surface area contributed by atoms with E-state index in [0.717, 1.165) is 11.0 Å². The molecule has 0 unspecified atom stereocenters. The van der Waals surface area contributed by atoms with Crippen LogP contribution in [0.2, 0.25) is 0 Å². The van der Waals surface area contributed by atoms with Crippen LogP contribution in [-0.4, -0.2) is 25.1 Å². The molecule has 0 radical (unpaired) electrons. The minimum absolute atomic E-state index is 0.0102. The molecule has 1 aliphatic carbocycles. The second-order valence-electron chi connectivity index (χ2n) is 5.43. The number of rotatable bonds is 3. The lowest BCUT2D eigenvalue weighted by atomic mass is 9.84. The average Bonchev–Trinajstić information content (AvgIpc) is 3.05. The fourth-order valence-electron chi connectivity index (χ4n) is 2.86. The molecule has 0 atom stereocenters. The summed E-state index contributed by atoms with van der Waals surface area (Å²) in [5.74, 6) is 0.839. The first-order valence-electron chi connectivity index (χ1n) is 7.25. The van der Waals surface area contributed by atoms with Crippen molar-refractivity contribution in [2.75, 3.05) is 0 Å². The van der Waals surface area contributed by atoms with E-state index in [1.165, 1.54) is 4.57 Å². The van der Waals surface area contributed by atoms with Crippen molar-refractivity contribution < 1.29 is 9.32 Å². The highest BCUT2D eigenvalue weighted by Gasteiger charge is 2.33. The van der Waals surface area contributed by atoms with Crippen molar-refractivity contribution >= 4 is 16.8 Å². The third-order valence-electron chi connectivity index (χ3n) is 4.08. The Bertz CT molecular complexity index is 926. The van der Waals surface area contributed by atoms with E-state index in [9.17, 15) is 9.59 Å². The number of nitrogens with zero attached hydrogens (tertiary/aromatic N) is 4. The third-order valence-corrected chi connectivity index (χ3v) is 4.08. The highest BCUT2D eigenvalue weighted by Crippen LogP contribution is 2.32. The SMILES string of the molecule is CCn1c(=O)n(-c2noc(C3CC(=O)C3)n2)c2ccccc21. The number of aromatic nitrogens is 4. The lowest BCUT2D eigenvalue weighted by Gasteiger charge is -2.19. The monoisotopic (exact) mass is 298 g/mol. The average molecular weight is 298 g/mol. The van der Waals surface area contributed by atoms with E-state index in [-0.39, 0.29) is 23.3 Å². The predicted octanol–water partition coefficient (Wildman–Crippen LogP) is 1.64. The van der Waals surface area contributed by atoms with Crippen LogP contribution in [0.25, 0.3) is 17.0 Å². The van der Waals surface area contributed by atoms with Crippen LogP contribution >= 0.6 is 0 Å². The molecule has 0 amide bonds. The molecule has 3 aromatic rings. The van der Waals surface area contributed by atoms with Crippen LogP contribution in [0.1, 0.15) is 31.6 Å². The molecular formula is C15H14N4O3. The van der Waals surface area contributed by atoms with Gasteiger partial charge in [-0.05, 0) is 24.2 Å². The zero-order valence-corrected chi connectivity index (χ0v) is 12.0. The van der Waals surface area contributed by atoms with Crippen molar-refractivity contribution in [3.63, 3.8) is 0 Å². The van der Waals surface area contributed by atoms with Gasteiger partial charge in [0.15, 0.2) is 0 Å². The first-order valence-corrected chi connectivity index (χ1v) is 7.25. The van der Waals surface area contributed by atoms with Crippen molar-refractivity contribution in [1.29, 1.82) is 0 Å². The molecule has 7 nitrogen and oxygen atoms in total. The van der Waals surface area contributed by atoms with Crippen LogP contribution in [-0.2, 0) is 11.3 Å². The molecule has 22 heavy (non-hydrogen) atoms. The molecule has 7 heteroatoms. The summed E-state index contributed by atoms with van der Waals surface area (Å²) in [6, 6.07) is 7.50. The summed E-state index contributed by atoms with van der Waals surface area (Å²) in [6.07, 6.45) is 0.875. The van der Waals surface area contributed by atoms with Crippen molar-refractivity contribution in [1.82, 2.24) is 19.3 Å². The number of hydrogen-bond donors (Lipinski definition) is 0. The quantitative estimate of drug-likeness (QED) is 0.734. The number of imidazole rings is 1. The molecule has 1 aromatic carbocycles. The summed E-state index contributed by atoms with van der Waals surface area (Å²) >= 11 is 0. The Morgan fingerprint density at radius 2 is 1.95 bits per heavy atom. The second kappa shape index (κ2) is 4.66. The van der Waals surface area contributed by atoms with Gasteiger partial charge < -0.3 is 4.52 Å². The lowest BCUT2D eigenvalue weighted by molar-refractivity contribution is -0.125. The lowest BCUT2D eigenvalue weighted by Crippen LogP contribution is -2.24. The molecule has 0 spiro atoms. The molecule has 0 aliphatic heterocycles. The van der Waals surface area contributed by atoms with Gasteiger partial charge in [-0.25, -0.2) is 9.36 Å². The maximum absolute atomic E-state index is 12.6. The van der Waals surface area contributed by atoms with Gasteiger partial charge in [-0.15, -0.1) is 0 Å². The summed E-state index contributed by atoms with van der Waals surface area (Å²) in [7, 11) is 0. The number of Topliss-reactive ketones (excluding diaryl/α,β-unsaturated/α-hetero) is 1.